The number of aromatic carboxylic acids is 1. The molecule has 24 heavy (non-hydrogen) atoms. The summed E-state index contributed by atoms with van der Waals surface area (Å²) in [6.07, 6.45) is 4.50. The van der Waals surface area contributed by atoms with Gasteiger partial charge < -0.3 is 24.0 Å². The maximum atomic E-state index is 13.1. The minimum atomic E-state index is -1.34. The van der Waals surface area contributed by atoms with Crippen LogP contribution in [0.4, 0.5) is 0 Å². The van der Waals surface area contributed by atoms with E-state index in [4.69, 9.17) is 9.47 Å². The van der Waals surface area contributed by atoms with Crippen LogP contribution in [0, 0.1) is 0 Å². The van der Waals surface area contributed by atoms with Crippen molar-refractivity contribution in [1.29, 1.82) is 0 Å². The second-order valence-corrected chi connectivity index (χ2v) is 6.44. The Bertz CT molecular complexity index is 778. The Kier molecular flexibility index (Phi) is 3.38. The summed E-state index contributed by atoms with van der Waals surface area (Å²) in [5.74, 6) is -1.88. The average molecular weight is 334 g/mol. The van der Waals surface area contributed by atoms with E-state index in [1.165, 1.54) is 17.9 Å². The number of amides is 1. The van der Waals surface area contributed by atoms with Gasteiger partial charge in [-0.15, -0.1) is 0 Å². The van der Waals surface area contributed by atoms with Gasteiger partial charge in [0, 0.05) is 12.2 Å². The van der Waals surface area contributed by atoms with Crippen molar-refractivity contribution < 1.29 is 24.2 Å². The van der Waals surface area contributed by atoms with Crippen molar-refractivity contribution in [2.45, 2.75) is 50.6 Å². The van der Waals surface area contributed by atoms with Gasteiger partial charge in [-0.05, 0) is 25.7 Å². The highest BCUT2D eigenvalue weighted by Gasteiger charge is 2.45. The third-order valence-corrected chi connectivity index (χ3v) is 5.16. The summed E-state index contributed by atoms with van der Waals surface area (Å²) in [7, 11) is 1.27. The highest BCUT2D eigenvalue weighted by Crippen LogP contribution is 2.37. The minimum Gasteiger partial charge on any atom is -0.491 e. The smallest absolute Gasteiger partial charge is 0.341 e. The minimum absolute atomic E-state index is 0.0916. The molecule has 1 amide bonds. The van der Waals surface area contributed by atoms with E-state index < -0.39 is 23.2 Å². The summed E-state index contributed by atoms with van der Waals surface area (Å²) in [6.45, 7) is 0.297. The van der Waals surface area contributed by atoms with Gasteiger partial charge in [0.25, 0.3) is 5.91 Å². The van der Waals surface area contributed by atoms with Crippen molar-refractivity contribution in [3.8, 4) is 5.75 Å². The third-order valence-electron chi connectivity index (χ3n) is 5.16. The molecular weight excluding hydrogens is 316 g/mol. The first-order valence-electron chi connectivity index (χ1n) is 8.04. The monoisotopic (exact) mass is 334 g/mol. The van der Waals surface area contributed by atoms with Gasteiger partial charge in [-0.3, -0.25) is 9.59 Å². The molecule has 1 N–H and O–H groups in total. The van der Waals surface area contributed by atoms with Crippen LogP contribution in [-0.2, 0) is 11.3 Å². The van der Waals surface area contributed by atoms with Crippen molar-refractivity contribution in [1.82, 2.24) is 9.47 Å². The lowest BCUT2D eigenvalue weighted by atomic mass is 9.92. The summed E-state index contributed by atoms with van der Waals surface area (Å²) in [5.41, 5.74) is -1.07. The van der Waals surface area contributed by atoms with Gasteiger partial charge in [0.1, 0.15) is 5.56 Å². The lowest BCUT2D eigenvalue weighted by Crippen LogP contribution is -2.53. The number of carbonyl (C=O) groups excluding carboxylic acids is 1. The summed E-state index contributed by atoms with van der Waals surface area (Å²) >= 11 is 0. The second-order valence-electron chi connectivity index (χ2n) is 6.44. The van der Waals surface area contributed by atoms with Crippen LogP contribution in [0.5, 0.6) is 5.75 Å². The predicted molar refractivity (Wildman–Crippen MR) is 81.3 cm³/mol. The number of ether oxygens (including phenoxy) is 2. The number of methoxy groups -OCH3 is 1. The van der Waals surface area contributed by atoms with Gasteiger partial charge in [-0.1, -0.05) is 0 Å². The Hall–Kier alpha value is -2.35. The van der Waals surface area contributed by atoms with E-state index in [1.807, 2.05) is 0 Å². The fourth-order valence-electron chi connectivity index (χ4n) is 4.05. The largest absolute Gasteiger partial charge is 0.491 e. The van der Waals surface area contributed by atoms with Crippen LogP contribution in [0.25, 0.3) is 0 Å². The lowest BCUT2D eigenvalue weighted by Gasteiger charge is -2.39. The topological polar surface area (TPSA) is 98.1 Å². The SMILES string of the molecule is COc1c2n(cc(C(=O)O)c1=O)C[C@H]1OC3CCC(CC3)N1C2=O. The van der Waals surface area contributed by atoms with Crippen LogP contribution in [0.3, 0.4) is 0 Å². The predicted octanol–water partition coefficient (Wildman–Crippen LogP) is 0.678. The van der Waals surface area contributed by atoms with Gasteiger partial charge in [0.2, 0.25) is 5.43 Å². The highest BCUT2D eigenvalue weighted by molar-refractivity contribution is 5.98. The third kappa shape index (κ3) is 2.06. The molecule has 128 valence electrons. The number of carbonyl (C=O) groups is 2. The van der Waals surface area contributed by atoms with E-state index in [9.17, 15) is 19.5 Å². The molecule has 1 aromatic rings. The number of carboxylic acids is 1. The molecule has 1 aliphatic carbocycles. The quantitative estimate of drug-likeness (QED) is 0.854. The first kappa shape index (κ1) is 15.2. The number of hydrogen-bond acceptors (Lipinski definition) is 5. The number of pyridine rings is 1. The molecule has 3 fully saturated rings. The molecule has 5 rings (SSSR count). The van der Waals surface area contributed by atoms with Gasteiger partial charge in [-0.25, -0.2) is 4.79 Å². The van der Waals surface area contributed by atoms with Crippen molar-refractivity contribution in [2.24, 2.45) is 0 Å². The molecule has 0 aromatic carbocycles. The maximum Gasteiger partial charge on any atom is 0.341 e. The van der Waals surface area contributed by atoms with E-state index in [0.717, 1.165) is 25.7 Å². The van der Waals surface area contributed by atoms with Crippen LogP contribution in [-0.4, -0.2) is 51.9 Å². The first-order chi connectivity index (χ1) is 11.5. The number of rotatable bonds is 2. The van der Waals surface area contributed by atoms with Crippen molar-refractivity contribution in [3.05, 3.63) is 27.7 Å². The second kappa shape index (κ2) is 5.34. The van der Waals surface area contributed by atoms with Crippen LogP contribution in [0.2, 0.25) is 0 Å². The zero-order valence-corrected chi connectivity index (χ0v) is 13.2. The number of carboxylic acid groups (broad SMARTS) is 1. The van der Waals surface area contributed by atoms with Crippen LogP contribution < -0.4 is 10.2 Å². The maximum absolute atomic E-state index is 13.1. The zero-order valence-electron chi connectivity index (χ0n) is 13.2. The van der Waals surface area contributed by atoms with Crippen molar-refractivity contribution in [3.63, 3.8) is 0 Å². The molecule has 4 aliphatic rings. The molecule has 1 aromatic heterocycles. The molecule has 2 saturated heterocycles. The molecule has 0 radical (unpaired) electrons. The van der Waals surface area contributed by atoms with Crippen LogP contribution >= 0.6 is 0 Å². The molecule has 3 aliphatic heterocycles. The summed E-state index contributed by atoms with van der Waals surface area (Å²) in [5, 5.41) is 9.23. The average Bonchev–Trinajstić information content (AvgIpc) is 2.84. The number of hydrogen-bond donors (Lipinski definition) is 1. The molecule has 0 unspecified atom stereocenters. The Morgan fingerprint density at radius 3 is 2.62 bits per heavy atom. The fourth-order valence-corrected chi connectivity index (χ4v) is 4.05. The molecule has 1 saturated carbocycles. The van der Waals surface area contributed by atoms with Gasteiger partial charge >= 0.3 is 5.97 Å². The normalized spacial score (nSPS) is 28.1. The van der Waals surface area contributed by atoms with E-state index in [-0.39, 0.29) is 29.5 Å². The van der Waals surface area contributed by atoms with E-state index >= 15 is 0 Å². The fraction of sp³-hybridized carbons (Fsp3) is 0.562. The molecule has 4 heterocycles. The summed E-state index contributed by atoms with van der Waals surface area (Å²) in [6, 6.07) is 0.0916. The Morgan fingerprint density at radius 1 is 1.29 bits per heavy atom. The number of nitrogens with zero attached hydrogens (tertiary/aromatic N) is 2. The summed E-state index contributed by atoms with van der Waals surface area (Å²) < 4.78 is 12.6. The molecule has 8 nitrogen and oxygen atoms in total. The van der Waals surface area contributed by atoms with Crippen LogP contribution in [0.1, 0.15) is 46.5 Å². The van der Waals surface area contributed by atoms with E-state index in [2.05, 4.69) is 0 Å². The molecule has 1 atom stereocenters. The van der Waals surface area contributed by atoms with Gasteiger partial charge in [0.15, 0.2) is 17.7 Å². The standard InChI is InChI=1S/C16H18N2O6/c1-23-14-12-15(20)18-8-2-4-9(5-3-8)24-11(18)7-17(12)6-10(13(14)19)16(21)22/h6,8-9,11H,2-5,7H2,1H3,(H,21,22)/t8?,9?,11-/m1/s1. The van der Waals surface area contributed by atoms with Gasteiger partial charge in [-0.2, -0.15) is 0 Å². The first-order valence-corrected chi connectivity index (χ1v) is 8.04. The molecular formula is C16H18N2O6. The van der Waals surface area contributed by atoms with E-state index in [1.54, 1.807) is 4.90 Å². The molecule has 0 spiro atoms. The number of aromatic nitrogens is 1. The Labute approximate surface area is 137 Å². The number of fused-ring (bicyclic) bond motifs is 3. The Morgan fingerprint density at radius 2 is 2.00 bits per heavy atom. The van der Waals surface area contributed by atoms with Gasteiger partial charge in [0.05, 0.1) is 19.8 Å². The lowest BCUT2D eigenvalue weighted by molar-refractivity contribution is -0.0799. The van der Waals surface area contributed by atoms with Crippen LogP contribution in [0.15, 0.2) is 11.0 Å². The van der Waals surface area contributed by atoms with Crippen molar-refractivity contribution >= 4 is 11.9 Å². The van der Waals surface area contributed by atoms with Crippen molar-refractivity contribution in [2.75, 3.05) is 7.11 Å². The zero-order chi connectivity index (χ0) is 17.0. The Balaban J connectivity index is 1.88. The summed E-state index contributed by atoms with van der Waals surface area (Å²) in [4.78, 5) is 38.4. The molecule has 2 bridgehead atoms. The molecule has 8 heteroatoms. The highest BCUT2D eigenvalue weighted by atomic mass is 16.5. The van der Waals surface area contributed by atoms with E-state index in [0.29, 0.717) is 6.54 Å².